The van der Waals surface area contributed by atoms with Crippen LogP contribution in [0.3, 0.4) is 0 Å². The number of amidine groups is 2. The van der Waals surface area contributed by atoms with Crippen LogP contribution in [-0.4, -0.2) is 22.5 Å². The molecule has 5 heteroatoms. The van der Waals surface area contributed by atoms with Gasteiger partial charge in [-0.15, -0.1) is 0 Å². The average Bonchev–Trinajstić information content (AvgIpc) is 3.72. The molecule has 0 bridgehead atoms. The standard InChI is InChI=1S/C45H30N4O/c46-44(48-45(32-17-8-3-9-18-32)47-29-30-13-4-1-5-14-30)36-20-12-22-40-43(36)35-19-10-11-21-39(35)49(40)34-24-26-42-38(28-34)37-27-33(23-25-41(37)50-42)31-15-6-2-7-16-31/h1-29,46H. The van der Waals surface area contributed by atoms with Crippen LogP contribution in [0.5, 0.6) is 0 Å². The topological polar surface area (TPSA) is 66.6 Å². The first kappa shape index (κ1) is 29.3. The smallest absolute Gasteiger partial charge is 0.161 e. The second-order valence-corrected chi connectivity index (χ2v) is 12.2. The number of aliphatic imine (C=N–C) groups is 2. The normalized spacial score (nSPS) is 12.1. The fourth-order valence-electron chi connectivity index (χ4n) is 6.81. The van der Waals surface area contributed by atoms with Crippen molar-refractivity contribution in [3.8, 4) is 16.8 Å². The van der Waals surface area contributed by atoms with Crippen molar-refractivity contribution >= 4 is 61.6 Å². The van der Waals surface area contributed by atoms with E-state index >= 15 is 0 Å². The van der Waals surface area contributed by atoms with Gasteiger partial charge in [-0.2, -0.15) is 0 Å². The third-order valence-electron chi connectivity index (χ3n) is 9.16. The van der Waals surface area contributed by atoms with Crippen molar-refractivity contribution in [2.24, 2.45) is 9.98 Å². The maximum absolute atomic E-state index is 9.35. The summed E-state index contributed by atoms with van der Waals surface area (Å²) in [5, 5.41) is 13.5. The summed E-state index contributed by atoms with van der Waals surface area (Å²) in [5.41, 5.74) is 9.62. The van der Waals surface area contributed by atoms with Crippen LogP contribution in [0.4, 0.5) is 0 Å². The first-order valence-corrected chi connectivity index (χ1v) is 16.6. The van der Waals surface area contributed by atoms with E-state index in [1.807, 2.05) is 84.9 Å². The van der Waals surface area contributed by atoms with Crippen molar-refractivity contribution < 1.29 is 4.42 Å². The number of para-hydroxylation sites is 1. The molecule has 9 rings (SSSR count). The number of benzene rings is 7. The van der Waals surface area contributed by atoms with Crippen LogP contribution in [0, 0.1) is 5.41 Å². The largest absolute Gasteiger partial charge is 0.456 e. The summed E-state index contributed by atoms with van der Waals surface area (Å²) >= 11 is 0. The molecule has 0 spiro atoms. The Kier molecular flexibility index (Phi) is 7.21. The molecule has 50 heavy (non-hydrogen) atoms. The van der Waals surface area contributed by atoms with Crippen LogP contribution >= 0.6 is 0 Å². The van der Waals surface area contributed by atoms with E-state index in [9.17, 15) is 5.41 Å². The van der Waals surface area contributed by atoms with Gasteiger partial charge in [0, 0.05) is 44.6 Å². The molecule has 0 aliphatic carbocycles. The van der Waals surface area contributed by atoms with Gasteiger partial charge in [0.1, 0.15) is 11.2 Å². The highest BCUT2D eigenvalue weighted by Crippen LogP contribution is 2.38. The maximum atomic E-state index is 9.35. The monoisotopic (exact) mass is 642 g/mol. The lowest BCUT2D eigenvalue weighted by atomic mass is 10.0. The summed E-state index contributed by atoms with van der Waals surface area (Å²) in [6.07, 6.45) is 1.80. The van der Waals surface area contributed by atoms with E-state index in [0.29, 0.717) is 5.84 Å². The van der Waals surface area contributed by atoms with E-state index in [0.717, 1.165) is 71.7 Å². The second kappa shape index (κ2) is 12.3. The van der Waals surface area contributed by atoms with Crippen molar-refractivity contribution in [1.82, 2.24) is 4.57 Å². The van der Waals surface area contributed by atoms with Gasteiger partial charge in [0.2, 0.25) is 0 Å². The van der Waals surface area contributed by atoms with Crippen molar-refractivity contribution in [3.63, 3.8) is 0 Å². The number of aromatic nitrogens is 1. The Labute approximate surface area is 288 Å². The summed E-state index contributed by atoms with van der Waals surface area (Å²) in [7, 11) is 0. The molecule has 0 atom stereocenters. The van der Waals surface area contributed by atoms with E-state index in [4.69, 9.17) is 14.4 Å². The van der Waals surface area contributed by atoms with Crippen LogP contribution in [0.1, 0.15) is 16.7 Å². The number of nitrogens with one attached hydrogen (secondary N) is 1. The predicted octanol–water partition coefficient (Wildman–Crippen LogP) is 11.2. The van der Waals surface area contributed by atoms with Crippen LogP contribution in [0.2, 0.25) is 0 Å². The van der Waals surface area contributed by atoms with Crippen molar-refractivity contribution in [2.75, 3.05) is 0 Å². The highest BCUT2D eigenvalue weighted by molar-refractivity contribution is 6.22. The molecule has 0 radical (unpaired) electrons. The van der Waals surface area contributed by atoms with Gasteiger partial charge in [-0.1, -0.05) is 127 Å². The SMILES string of the molecule is N=C(N=C(N=Cc1ccccc1)c1ccccc1)c1cccc2c1c1ccccc1n2-c1ccc2oc3ccc(-c4ccccc4)cc3c2c1. The number of rotatable bonds is 5. The molecule has 1 N–H and O–H groups in total. The Morgan fingerprint density at radius 2 is 1.22 bits per heavy atom. The molecular formula is C45H30N4O. The molecule has 0 aliphatic heterocycles. The Hall–Kier alpha value is -6.85. The van der Waals surface area contributed by atoms with E-state index in [-0.39, 0.29) is 5.84 Å². The summed E-state index contributed by atoms with van der Waals surface area (Å²) in [5.74, 6) is 0.625. The summed E-state index contributed by atoms with van der Waals surface area (Å²) in [6.45, 7) is 0. The van der Waals surface area contributed by atoms with Gasteiger partial charge in [-0.25, -0.2) is 9.98 Å². The summed E-state index contributed by atoms with van der Waals surface area (Å²) < 4.78 is 8.57. The number of furan rings is 1. The molecule has 0 aliphatic rings. The van der Waals surface area contributed by atoms with Gasteiger partial charge >= 0.3 is 0 Å². The average molecular weight is 643 g/mol. The number of nitrogens with zero attached hydrogens (tertiary/aromatic N) is 3. The van der Waals surface area contributed by atoms with E-state index in [1.165, 1.54) is 5.56 Å². The zero-order chi connectivity index (χ0) is 33.4. The quantitative estimate of drug-likeness (QED) is 0.147. The highest BCUT2D eigenvalue weighted by Gasteiger charge is 2.19. The Morgan fingerprint density at radius 3 is 2.02 bits per heavy atom. The number of hydrogen-bond acceptors (Lipinski definition) is 2. The lowest BCUT2D eigenvalue weighted by molar-refractivity contribution is 0.669. The Bertz CT molecular complexity index is 2760. The van der Waals surface area contributed by atoms with Crippen LogP contribution in [0.15, 0.2) is 184 Å². The fourth-order valence-corrected chi connectivity index (χ4v) is 6.81. The highest BCUT2D eigenvalue weighted by atomic mass is 16.3. The van der Waals surface area contributed by atoms with E-state index < -0.39 is 0 Å². The summed E-state index contributed by atoms with van der Waals surface area (Å²) in [6, 6.07) is 57.4. The number of fused-ring (bicyclic) bond motifs is 6. The minimum Gasteiger partial charge on any atom is -0.456 e. The fraction of sp³-hybridized carbons (Fsp3) is 0. The minimum atomic E-state index is 0.146. The Balaban J connectivity index is 1.20. The molecule has 7 aromatic carbocycles. The van der Waals surface area contributed by atoms with Crippen LogP contribution in [0.25, 0.3) is 60.6 Å². The zero-order valence-corrected chi connectivity index (χ0v) is 27.0. The minimum absolute atomic E-state index is 0.146. The van der Waals surface area contributed by atoms with Crippen molar-refractivity contribution in [3.05, 3.63) is 187 Å². The summed E-state index contributed by atoms with van der Waals surface area (Å²) in [4.78, 5) is 9.62. The second-order valence-electron chi connectivity index (χ2n) is 12.2. The van der Waals surface area contributed by atoms with E-state index in [2.05, 4.69) is 89.5 Å². The van der Waals surface area contributed by atoms with Gasteiger partial charge in [0.05, 0.1) is 11.0 Å². The third kappa shape index (κ3) is 5.18. The van der Waals surface area contributed by atoms with Crippen LogP contribution < -0.4 is 0 Å². The van der Waals surface area contributed by atoms with Gasteiger partial charge in [0.15, 0.2) is 11.7 Å². The molecule has 0 saturated carbocycles. The first-order valence-electron chi connectivity index (χ1n) is 16.6. The lowest BCUT2D eigenvalue weighted by Crippen LogP contribution is -2.05. The molecule has 0 fully saturated rings. The molecule has 0 saturated heterocycles. The molecule has 2 heterocycles. The molecule has 0 amide bonds. The molecule has 5 nitrogen and oxygen atoms in total. The third-order valence-corrected chi connectivity index (χ3v) is 9.16. The zero-order valence-electron chi connectivity index (χ0n) is 27.0. The van der Waals surface area contributed by atoms with Gasteiger partial charge < -0.3 is 8.98 Å². The lowest BCUT2D eigenvalue weighted by Gasteiger charge is -2.09. The molecule has 236 valence electrons. The molecule has 9 aromatic rings. The predicted molar refractivity (Wildman–Crippen MR) is 207 cm³/mol. The maximum Gasteiger partial charge on any atom is 0.161 e. The molecular weight excluding hydrogens is 613 g/mol. The number of hydrogen-bond donors (Lipinski definition) is 1. The molecule has 0 unspecified atom stereocenters. The van der Waals surface area contributed by atoms with Gasteiger partial charge in [-0.05, 0) is 59.2 Å². The van der Waals surface area contributed by atoms with Crippen molar-refractivity contribution in [2.45, 2.75) is 0 Å². The molecule has 2 aromatic heterocycles. The van der Waals surface area contributed by atoms with Crippen LogP contribution in [-0.2, 0) is 0 Å². The van der Waals surface area contributed by atoms with Gasteiger partial charge in [-0.3, -0.25) is 5.41 Å². The van der Waals surface area contributed by atoms with Gasteiger partial charge in [0.25, 0.3) is 0 Å². The first-order chi connectivity index (χ1) is 24.7. The Morgan fingerprint density at radius 1 is 0.560 bits per heavy atom. The van der Waals surface area contributed by atoms with E-state index in [1.54, 1.807) is 6.21 Å². The van der Waals surface area contributed by atoms with Crippen molar-refractivity contribution in [1.29, 1.82) is 5.41 Å².